The Morgan fingerprint density at radius 2 is 1.70 bits per heavy atom. The molecule has 3 aliphatic heterocycles. The summed E-state index contributed by atoms with van der Waals surface area (Å²) in [6.45, 7) is 7.52. The number of anilines is 2. The minimum Gasteiger partial charge on any atom is -0.374 e. The van der Waals surface area contributed by atoms with Gasteiger partial charge in [0.25, 0.3) is 0 Å². The number of likely N-dealkylation sites (tertiary alicyclic amines) is 1. The maximum absolute atomic E-state index is 15.0. The standard InChI is InChI=1S/C29H42FN5O2/c1-20-7-9-26(29(37)31-20)32-23-8-10-27(25(30)19-23)35-17-13-24(14-18-35)34-15-11-22(12-16-34)33-28(36)21-5-3-2-4-6-21/h8,10,19,21-22,24,26,32H,1-7,9,11-18H2,(H,31,37)(H,33,36). The molecule has 1 aliphatic carbocycles. The fraction of sp³-hybridized carbons (Fsp3) is 0.655. The molecule has 1 atom stereocenters. The molecule has 37 heavy (non-hydrogen) atoms. The van der Waals surface area contributed by atoms with Gasteiger partial charge >= 0.3 is 0 Å². The molecule has 1 unspecified atom stereocenters. The molecule has 3 N–H and O–H groups in total. The molecule has 3 heterocycles. The van der Waals surface area contributed by atoms with Crippen LogP contribution in [0, 0.1) is 11.7 Å². The summed E-state index contributed by atoms with van der Waals surface area (Å²) in [7, 11) is 0. The van der Waals surface area contributed by atoms with E-state index in [0.717, 1.165) is 76.8 Å². The van der Waals surface area contributed by atoms with Crippen molar-refractivity contribution in [3.05, 3.63) is 36.3 Å². The maximum Gasteiger partial charge on any atom is 0.246 e. The molecule has 0 spiro atoms. The third-order valence-electron chi connectivity index (χ3n) is 8.81. The number of halogens is 1. The molecule has 1 aromatic carbocycles. The molecular formula is C29H42FN5O2. The van der Waals surface area contributed by atoms with Gasteiger partial charge in [0.2, 0.25) is 11.8 Å². The van der Waals surface area contributed by atoms with E-state index in [9.17, 15) is 9.59 Å². The van der Waals surface area contributed by atoms with Crippen LogP contribution in [0.25, 0.3) is 0 Å². The van der Waals surface area contributed by atoms with Crippen molar-refractivity contribution in [1.82, 2.24) is 15.5 Å². The van der Waals surface area contributed by atoms with Crippen LogP contribution in [0.3, 0.4) is 0 Å². The average molecular weight is 512 g/mol. The molecule has 202 valence electrons. The van der Waals surface area contributed by atoms with E-state index in [0.29, 0.717) is 29.9 Å². The number of carbonyl (C=O) groups excluding carboxylic acids is 2. The highest BCUT2D eigenvalue weighted by Crippen LogP contribution is 2.29. The first-order valence-electron chi connectivity index (χ1n) is 14.3. The van der Waals surface area contributed by atoms with Crippen LogP contribution in [0.5, 0.6) is 0 Å². The molecule has 1 saturated carbocycles. The smallest absolute Gasteiger partial charge is 0.246 e. The van der Waals surface area contributed by atoms with Crippen molar-refractivity contribution in [3.8, 4) is 0 Å². The lowest BCUT2D eigenvalue weighted by Crippen LogP contribution is -2.51. The average Bonchev–Trinajstić information content (AvgIpc) is 2.91. The number of allylic oxidation sites excluding steroid dienone is 1. The Morgan fingerprint density at radius 3 is 2.38 bits per heavy atom. The number of rotatable bonds is 6. The largest absolute Gasteiger partial charge is 0.374 e. The number of nitrogens with one attached hydrogen (secondary N) is 3. The SMILES string of the molecule is C=C1CCC(Nc2ccc(N3CCC(N4CCC(NC(=O)C5CCCCC5)CC4)CC3)c(F)c2)C(=O)N1. The molecule has 0 aromatic heterocycles. The summed E-state index contributed by atoms with van der Waals surface area (Å²) in [6, 6.07) is 5.67. The molecule has 4 fully saturated rings. The van der Waals surface area contributed by atoms with E-state index in [-0.39, 0.29) is 29.6 Å². The monoisotopic (exact) mass is 511 g/mol. The summed E-state index contributed by atoms with van der Waals surface area (Å²) in [5.41, 5.74) is 2.00. The third-order valence-corrected chi connectivity index (χ3v) is 8.81. The first-order chi connectivity index (χ1) is 18.0. The lowest BCUT2D eigenvalue weighted by atomic mass is 9.88. The Morgan fingerprint density at radius 1 is 0.973 bits per heavy atom. The van der Waals surface area contributed by atoms with E-state index in [1.54, 1.807) is 0 Å². The first kappa shape index (κ1) is 26.0. The van der Waals surface area contributed by atoms with Crippen LogP contribution in [0.2, 0.25) is 0 Å². The zero-order valence-corrected chi connectivity index (χ0v) is 21.9. The summed E-state index contributed by atoms with van der Waals surface area (Å²) in [5, 5.41) is 9.26. The second kappa shape index (κ2) is 11.8. The van der Waals surface area contributed by atoms with Gasteiger partial charge in [-0.15, -0.1) is 0 Å². The van der Waals surface area contributed by atoms with E-state index in [4.69, 9.17) is 0 Å². The number of hydrogen-bond donors (Lipinski definition) is 3. The van der Waals surface area contributed by atoms with Gasteiger partial charge in [0, 0.05) is 55.6 Å². The second-order valence-corrected chi connectivity index (χ2v) is 11.4. The maximum atomic E-state index is 15.0. The first-order valence-corrected chi connectivity index (χ1v) is 14.3. The number of nitrogens with zero attached hydrogens (tertiary/aromatic N) is 2. The Labute approximate surface area is 220 Å². The predicted molar refractivity (Wildman–Crippen MR) is 145 cm³/mol. The van der Waals surface area contributed by atoms with E-state index in [2.05, 4.69) is 32.3 Å². The lowest BCUT2D eigenvalue weighted by molar-refractivity contribution is -0.127. The Hall–Kier alpha value is -2.61. The van der Waals surface area contributed by atoms with Crippen molar-refractivity contribution in [2.45, 2.75) is 88.8 Å². The van der Waals surface area contributed by atoms with E-state index < -0.39 is 0 Å². The second-order valence-electron chi connectivity index (χ2n) is 11.4. The van der Waals surface area contributed by atoms with Gasteiger partial charge in [0.05, 0.1) is 5.69 Å². The minimum atomic E-state index is -0.365. The number of amides is 2. The van der Waals surface area contributed by atoms with Crippen molar-refractivity contribution in [1.29, 1.82) is 0 Å². The molecule has 8 heteroatoms. The summed E-state index contributed by atoms with van der Waals surface area (Å²) >= 11 is 0. The van der Waals surface area contributed by atoms with Crippen molar-refractivity contribution >= 4 is 23.2 Å². The van der Waals surface area contributed by atoms with Crippen LogP contribution in [0.4, 0.5) is 15.8 Å². The van der Waals surface area contributed by atoms with Crippen LogP contribution < -0.4 is 20.9 Å². The highest BCUT2D eigenvalue weighted by Gasteiger charge is 2.31. The van der Waals surface area contributed by atoms with Crippen LogP contribution in [0.1, 0.15) is 70.6 Å². The van der Waals surface area contributed by atoms with Crippen molar-refractivity contribution < 1.29 is 14.0 Å². The number of benzene rings is 1. The van der Waals surface area contributed by atoms with Crippen LogP contribution in [-0.4, -0.2) is 61.0 Å². The summed E-state index contributed by atoms with van der Waals surface area (Å²) in [6.07, 6.45) is 11.2. The molecule has 7 nitrogen and oxygen atoms in total. The fourth-order valence-electron chi connectivity index (χ4n) is 6.53. The molecule has 0 bridgehead atoms. The summed E-state index contributed by atoms with van der Waals surface area (Å²) in [5.74, 6) is 0.147. The molecule has 3 saturated heterocycles. The Kier molecular flexibility index (Phi) is 8.33. The zero-order chi connectivity index (χ0) is 25.8. The van der Waals surface area contributed by atoms with E-state index >= 15 is 4.39 Å². The van der Waals surface area contributed by atoms with Gasteiger partial charge in [0.15, 0.2) is 0 Å². The number of carbonyl (C=O) groups is 2. The van der Waals surface area contributed by atoms with Crippen molar-refractivity contribution in [2.75, 3.05) is 36.4 Å². The van der Waals surface area contributed by atoms with Crippen LogP contribution >= 0.6 is 0 Å². The summed E-state index contributed by atoms with van der Waals surface area (Å²) < 4.78 is 15.0. The molecule has 0 radical (unpaired) electrons. The van der Waals surface area contributed by atoms with Gasteiger partial charge in [0.1, 0.15) is 11.9 Å². The molecule has 5 rings (SSSR count). The van der Waals surface area contributed by atoms with Gasteiger partial charge in [-0.1, -0.05) is 25.8 Å². The van der Waals surface area contributed by atoms with Gasteiger partial charge in [-0.3, -0.25) is 9.59 Å². The molecule has 2 amide bonds. The summed E-state index contributed by atoms with van der Waals surface area (Å²) in [4.78, 5) is 29.5. The molecular weight excluding hydrogens is 469 g/mol. The van der Waals surface area contributed by atoms with Crippen molar-refractivity contribution in [3.63, 3.8) is 0 Å². The number of piperidine rings is 3. The van der Waals surface area contributed by atoms with E-state index in [1.165, 1.54) is 25.3 Å². The fourth-order valence-corrected chi connectivity index (χ4v) is 6.53. The van der Waals surface area contributed by atoms with Crippen LogP contribution in [0.15, 0.2) is 30.5 Å². The lowest BCUT2D eigenvalue weighted by Gasteiger charge is -2.42. The zero-order valence-electron chi connectivity index (χ0n) is 21.9. The van der Waals surface area contributed by atoms with Crippen LogP contribution in [-0.2, 0) is 9.59 Å². The van der Waals surface area contributed by atoms with Gasteiger partial charge in [-0.05, 0) is 69.6 Å². The highest BCUT2D eigenvalue weighted by molar-refractivity contribution is 5.87. The van der Waals surface area contributed by atoms with Crippen molar-refractivity contribution in [2.24, 2.45) is 5.92 Å². The van der Waals surface area contributed by atoms with Gasteiger partial charge in [-0.2, -0.15) is 0 Å². The quantitative estimate of drug-likeness (QED) is 0.535. The Bertz CT molecular complexity index is 979. The highest BCUT2D eigenvalue weighted by atomic mass is 19.1. The molecule has 1 aromatic rings. The van der Waals surface area contributed by atoms with Gasteiger partial charge < -0.3 is 25.8 Å². The Balaban J connectivity index is 1.06. The third kappa shape index (κ3) is 6.46. The molecule has 4 aliphatic rings. The predicted octanol–water partition coefficient (Wildman–Crippen LogP) is 4.16. The number of hydrogen-bond acceptors (Lipinski definition) is 5. The van der Waals surface area contributed by atoms with Gasteiger partial charge in [-0.25, -0.2) is 4.39 Å². The minimum absolute atomic E-state index is 0.113. The topological polar surface area (TPSA) is 76.7 Å². The normalized spacial score (nSPS) is 25.1. The van der Waals surface area contributed by atoms with E-state index in [1.807, 2.05) is 12.1 Å².